The molecule has 25 heavy (non-hydrogen) atoms. The van der Waals surface area contributed by atoms with E-state index in [0.717, 1.165) is 5.56 Å². The largest absolute Gasteiger partial charge is 0.497 e. The van der Waals surface area contributed by atoms with Crippen LogP contribution in [-0.2, 0) is 16.0 Å². The first-order valence-electron chi connectivity index (χ1n) is 7.92. The second-order valence-corrected chi connectivity index (χ2v) is 6.03. The molecule has 5 nitrogen and oxygen atoms in total. The molecule has 0 saturated heterocycles. The molecule has 0 aliphatic heterocycles. The Kier molecular flexibility index (Phi) is 6.83. The smallest absolute Gasteiger partial charge is 0.243 e. The third kappa shape index (κ3) is 6.12. The zero-order valence-corrected chi connectivity index (χ0v) is 15.0. The fourth-order valence-corrected chi connectivity index (χ4v) is 2.46. The number of halogens is 1. The third-order valence-corrected chi connectivity index (χ3v) is 3.97. The molecule has 1 N–H and O–H groups in total. The molecule has 2 rings (SSSR count). The lowest BCUT2D eigenvalue weighted by Crippen LogP contribution is -2.38. The summed E-state index contributed by atoms with van der Waals surface area (Å²) in [5.41, 5.74) is 1.69. The minimum atomic E-state index is -0.250. The lowest BCUT2D eigenvalue weighted by atomic mass is 10.1. The Labute approximate surface area is 152 Å². The Morgan fingerprint density at radius 2 is 1.88 bits per heavy atom. The fourth-order valence-electron chi connectivity index (χ4n) is 2.34. The molecular weight excluding hydrogens is 340 g/mol. The average Bonchev–Trinajstić information content (AvgIpc) is 2.60. The second-order valence-electron chi connectivity index (χ2n) is 5.60. The van der Waals surface area contributed by atoms with Gasteiger partial charge in [0.15, 0.2) is 0 Å². The monoisotopic (exact) mass is 360 g/mol. The summed E-state index contributed by atoms with van der Waals surface area (Å²) >= 11 is 5.87. The van der Waals surface area contributed by atoms with E-state index in [2.05, 4.69) is 5.32 Å². The quantitative estimate of drug-likeness (QED) is 0.823. The first-order valence-corrected chi connectivity index (χ1v) is 8.29. The summed E-state index contributed by atoms with van der Waals surface area (Å²) in [6.07, 6.45) is 0.656. The van der Waals surface area contributed by atoms with E-state index in [0.29, 0.717) is 29.4 Å². The van der Waals surface area contributed by atoms with E-state index >= 15 is 0 Å². The summed E-state index contributed by atoms with van der Waals surface area (Å²) in [4.78, 5) is 25.6. The van der Waals surface area contributed by atoms with Gasteiger partial charge in [0.1, 0.15) is 5.75 Å². The number of hydrogen-bond donors (Lipinski definition) is 1. The van der Waals surface area contributed by atoms with Crippen LogP contribution in [0.1, 0.15) is 12.5 Å². The first kappa shape index (κ1) is 18.8. The number of rotatable bonds is 7. The van der Waals surface area contributed by atoms with Crippen LogP contribution in [0.4, 0.5) is 5.69 Å². The second kappa shape index (κ2) is 9.08. The topological polar surface area (TPSA) is 58.6 Å². The van der Waals surface area contributed by atoms with Crippen molar-refractivity contribution in [3.63, 3.8) is 0 Å². The van der Waals surface area contributed by atoms with Gasteiger partial charge in [-0.15, -0.1) is 0 Å². The van der Waals surface area contributed by atoms with Crippen molar-refractivity contribution in [2.45, 2.75) is 13.3 Å². The van der Waals surface area contributed by atoms with Gasteiger partial charge in [0.2, 0.25) is 11.8 Å². The number of anilines is 1. The van der Waals surface area contributed by atoms with Crippen molar-refractivity contribution in [2.24, 2.45) is 0 Å². The van der Waals surface area contributed by atoms with E-state index in [9.17, 15) is 9.59 Å². The number of nitrogens with zero attached hydrogens (tertiary/aromatic N) is 1. The van der Waals surface area contributed by atoms with Crippen molar-refractivity contribution in [3.8, 4) is 5.75 Å². The van der Waals surface area contributed by atoms with Crippen LogP contribution in [0.25, 0.3) is 0 Å². The SMILES string of the molecule is COc1cccc(NC(=O)CN(CCc2ccc(Cl)cc2)C(C)=O)c1. The van der Waals surface area contributed by atoms with Crippen molar-refractivity contribution in [3.05, 3.63) is 59.1 Å². The van der Waals surface area contributed by atoms with E-state index < -0.39 is 0 Å². The van der Waals surface area contributed by atoms with Gasteiger partial charge in [-0.2, -0.15) is 0 Å². The average molecular weight is 361 g/mol. The minimum Gasteiger partial charge on any atom is -0.497 e. The molecule has 0 spiro atoms. The van der Waals surface area contributed by atoms with E-state index in [1.807, 2.05) is 24.3 Å². The maximum Gasteiger partial charge on any atom is 0.243 e. The molecule has 0 aromatic heterocycles. The zero-order valence-electron chi connectivity index (χ0n) is 14.3. The van der Waals surface area contributed by atoms with E-state index in [1.165, 1.54) is 11.8 Å². The van der Waals surface area contributed by atoms with Crippen LogP contribution in [-0.4, -0.2) is 36.9 Å². The molecule has 2 amide bonds. The summed E-state index contributed by atoms with van der Waals surface area (Å²) in [7, 11) is 1.56. The maximum atomic E-state index is 12.2. The molecule has 2 aromatic carbocycles. The zero-order chi connectivity index (χ0) is 18.2. The molecule has 6 heteroatoms. The summed E-state index contributed by atoms with van der Waals surface area (Å²) in [6, 6.07) is 14.5. The highest BCUT2D eigenvalue weighted by molar-refractivity contribution is 6.30. The minimum absolute atomic E-state index is 0.000132. The standard InChI is InChI=1S/C19H21ClN2O3/c1-14(23)22(11-10-15-6-8-16(20)9-7-15)13-19(24)21-17-4-3-5-18(12-17)25-2/h3-9,12H,10-11,13H2,1-2H3,(H,21,24). The predicted molar refractivity (Wildman–Crippen MR) is 99.0 cm³/mol. The number of hydrogen-bond acceptors (Lipinski definition) is 3. The molecule has 0 atom stereocenters. The number of amides is 2. The Balaban J connectivity index is 1.92. The molecule has 0 aliphatic carbocycles. The van der Waals surface area contributed by atoms with E-state index in [1.54, 1.807) is 31.4 Å². The number of carbonyl (C=O) groups is 2. The van der Waals surface area contributed by atoms with Crippen LogP contribution >= 0.6 is 11.6 Å². The van der Waals surface area contributed by atoms with Gasteiger partial charge in [0, 0.05) is 30.2 Å². The molecule has 0 heterocycles. The molecule has 0 radical (unpaired) electrons. The van der Waals surface area contributed by atoms with E-state index in [4.69, 9.17) is 16.3 Å². The number of ether oxygens (including phenoxy) is 1. The number of methoxy groups -OCH3 is 1. The van der Waals surface area contributed by atoms with Crippen LogP contribution in [0.5, 0.6) is 5.75 Å². The van der Waals surface area contributed by atoms with Gasteiger partial charge in [0.25, 0.3) is 0 Å². The van der Waals surface area contributed by atoms with Crippen molar-refractivity contribution in [1.29, 1.82) is 0 Å². The summed E-state index contributed by atoms with van der Waals surface area (Å²) in [5.74, 6) is 0.262. The molecule has 0 unspecified atom stereocenters. The lowest BCUT2D eigenvalue weighted by molar-refractivity contribution is -0.132. The van der Waals surface area contributed by atoms with Crippen molar-refractivity contribution < 1.29 is 14.3 Å². The first-order chi connectivity index (χ1) is 12.0. The van der Waals surface area contributed by atoms with Crippen LogP contribution in [0.2, 0.25) is 5.02 Å². The van der Waals surface area contributed by atoms with Gasteiger partial charge < -0.3 is 15.0 Å². The van der Waals surface area contributed by atoms with Gasteiger partial charge in [0.05, 0.1) is 13.7 Å². The van der Waals surface area contributed by atoms with Gasteiger partial charge in [-0.1, -0.05) is 29.8 Å². The van der Waals surface area contributed by atoms with Crippen molar-refractivity contribution in [1.82, 2.24) is 4.90 Å². The normalized spacial score (nSPS) is 10.2. The Bertz CT molecular complexity index is 732. The fraction of sp³-hybridized carbons (Fsp3) is 0.263. The lowest BCUT2D eigenvalue weighted by Gasteiger charge is -2.20. The Hall–Kier alpha value is -2.53. The van der Waals surface area contributed by atoms with Gasteiger partial charge in [-0.05, 0) is 36.2 Å². The summed E-state index contributed by atoms with van der Waals surface area (Å²) < 4.78 is 5.13. The highest BCUT2D eigenvalue weighted by Crippen LogP contribution is 2.16. The molecule has 2 aromatic rings. The van der Waals surface area contributed by atoms with Crippen molar-refractivity contribution in [2.75, 3.05) is 25.5 Å². The van der Waals surface area contributed by atoms with Gasteiger partial charge in [-0.3, -0.25) is 9.59 Å². The summed E-state index contributed by atoms with van der Waals surface area (Å²) in [5, 5.41) is 3.45. The third-order valence-electron chi connectivity index (χ3n) is 3.72. The van der Waals surface area contributed by atoms with Crippen LogP contribution in [0.15, 0.2) is 48.5 Å². The molecule has 0 fully saturated rings. The van der Waals surface area contributed by atoms with Crippen LogP contribution in [0.3, 0.4) is 0 Å². The molecule has 132 valence electrons. The summed E-state index contributed by atoms with van der Waals surface area (Å²) in [6.45, 7) is 1.92. The molecule has 0 saturated carbocycles. The highest BCUT2D eigenvalue weighted by atomic mass is 35.5. The Morgan fingerprint density at radius 3 is 2.52 bits per heavy atom. The highest BCUT2D eigenvalue weighted by Gasteiger charge is 2.14. The van der Waals surface area contributed by atoms with Crippen LogP contribution < -0.4 is 10.1 Å². The number of benzene rings is 2. The number of nitrogens with one attached hydrogen (secondary N) is 1. The molecule has 0 aliphatic rings. The van der Waals surface area contributed by atoms with Crippen LogP contribution in [0, 0.1) is 0 Å². The maximum absolute atomic E-state index is 12.2. The van der Waals surface area contributed by atoms with E-state index in [-0.39, 0.29) is 18.4 Å². The van der Waals surface area contributed by atoms with Crippen molar-refractivity contribution >= 4 is 29.1 Å². The molecular formula is C19H21ClN2O3. The number of carbonyl (C=O) groups excluding carboxylic acids is 2. The predicted octanol–water partition coefficient (Wildman–Crippen LogP) is 3.38. The Morgan fingerprint density at radius 1 is 1.16 bits per heavy atom. The molecule has 0 bridgehead atoms. The van der Waals surface area contributed by atoms with Gasteiger partial charge >= 0.3 is 0 Å². The van der Waals surface area contributed by atoms with Gasteiger partial charge in [-0.25, -0.2) is 0 Å².